The van der Waals surface area contributed by atoms with Crippen molar-refractivity contribution in [2.75, 3.05) is 18.6 Å². The lowest BCUT2D eigenvalue weighted by Gasteiger charge is -2.29. The topological polar surface area (TPSA) is 152 Å². The number of nitrogens with zero attached hydrogens (tertiary/aromatic N) is 2. The Morgan fingerprint density at radius 2 is 1.92 bits per heavy atom. The molecule has 11 nitrogen and oxygen atoms in total. The molecule has 0 aliphatic carbocycles. The molecule has 0 spiro atoms. The maximum absolute atomic E-state index is 15.7. The number of para-hydroxylation sites is 1. The molecule has 1 aliphatic rings. The van der Waals surface area contributed by atoms with E-state index in [0.717, 1.165) is 6.20 Å². The van der Waals surface area contributed by atoms with E-state index >= 15 is 4.39 Å². The Balaban J connectivity index is 1.88. The number of hydrogen-bond donors (Lipinski definition) is 2. The largest absolute Gasteiger partial charge is 0.463 e. The average molecular weight is 560 g/mol. The highest BCUT2D eigenvalue weighted by molar-refractivity contribution is 7.54. The van der Waals surface area contributed by atoms with Gasteiger partial charge >= 0.3 is 19.3 Å². The molecule has 210 valence electrons. The van der Waals surface area contributed by atoms with E-state index in [1.165, 1.54) is 32.0 Å². The monoisotopic (exact) mass is 559 g/mol. The fourth-order valence-corrected chi connectivity index (χ4v) is 6.08. The van der Waals surface area contributed by atoms with E-state index in [-0.39, 0.29) is 11.6 Å². The number of nitrogens with two attached hydrogens (primary N) is 1. The van der Waals surface area contributed by atoms with Crippen LogP contribution in [-0.4, -0.2) is 63.5 Å². The van der Waals surface area contributed by atoms with Crippen LogP contribution in [-0.2, 0) is 23.4 Å². The molecule has 14 heteroatoms. The Hall–Kier alpha value is -2.86. The molecule has 3 rings (SSSR count). The van der Waals surface area contributed by atoms with Gasteiger partial charge in [-0.2, -0.15) is 4.98 Å². The maximum atomic E-state index is 15.7. The van der Waals surface area contributed by atoms with Gasteiger partial charge in [0.15, 0.2) is 6.23 Å². The highest BCUT2D eigenvalue weighted by Crippen LogP contribution is 2.53. The summed E-state index contributed by atoms with van der Waals surface area (Å²) in [6.45, 7) is 4.40. The predicted octanol–water partition coefficient (Wildman–Crippen LogP) is 3.03. The highest BCUT2D eigenvalue weighted by Gasteiger charge is 2.61. The number of aromatic nitrogens is 2. The zero-order chi connectivity index (χ0) is 28.3. The average Bonchev–Trinajstić information content (AvgIpc) is 3.10. The molecule has 1 aromatic heterocycles. The standard InChI is InChI=1S/C24H32F2N3O8P/c1-14(2)34-21(31)15(3)12-38(33,37-17-8-6-5-7-9-17)36-16(4)19-20(30)24(26,13-25)22(35-19)29-11-10-18(27)28-23(29)32/h5-11,14-16,19-20,22,30H,12-13H2,1-4H3,(H2,27,28,32)/t15-,16-,19-,20+,22-,24?,38?/m1/s1. The van der Waals surface area contributed by atoms with Crippen LogP contribution in [0, 0.1) is 5.92 Å². The molecule has 1 aromatic carbocycles. The quantitative estimate of drug-likeness (QED) is 0.310. The molecule has 2 aromatic rings. The van der Waals surface area contributed by atoms with Gasteiger partial charge in [-0.15, -0.1) is 0 Å². The molecule has 38 heavy (non-hydrogen) atoms. The maximum Gasteiger partial charge on any atom is 0.380 e. The second-order valence-corrected chi connectivity index (χ2v) is 11.4. The first-order chi connectivity index (χ1) is 17.8. The summed E-state index contributed by atoms with van der Waals surface area (Å²) >= 11 is 0. The molecule has 3 N–H and O–H groups in total. The summed E-state index contributed by atoms with van der Waals surface area (Å²) in [6.07, 6.45) is -6.77. The molecule has 2 heterocycles. The van der Waals surface area contributed by atoms with E-state index in [2.05, 4.69) is 4.98 Å². The number of rotatable bonds is 11. The number of aliphatic hydroxyl groups excluding tert-OH is 1. The van der Waals surface area contributed by atoms with Crippen LogP contribution in [0.25, 0.3) is 0 Å². The molecule has 0 saturated carbocycles. The first-order valence-electron chi connectivity index (χ1n) is 12.0. The van der Waals surface area contributed by atoms with Crippen molar-refractivity contribution in [2.24, 2.45) is 5.92 Å². The minimum absolute atomic E-state index is 0.146. The first kappa shape index (κ1) is 29.7. The Morgan fingerprint density at radius 1 is 1.26 bits per heavy atom. The van der Waals surface area contributed by atoms with Crippen molar-refractivity contribution in [3.05, 3.63) is 53.1 Å². The van der Waals surface area contributed by atoms with Crippen LogP contribution < -0.4 is 15.9 Å². The van der Waals surface area contributed by atoms with Gasteiger partial charge in [0.25, 0.3) is 0 Å². The number of esters is 1. The molecular weight excluding hydrogens is 527 g/mol. The lowest BCUT2D eigenvalue weighted by molar-refractivity contribution is -0.151. The van der Waals surface area contributed by atoms with Crippen molar-refractivity contribution in [1.29, 1.82) is 0 Å². The van der Waals surface area contributed by atoms with E-state index in [4.69, 9.17) is 24.3 Å². The summed E-state index contributed by atoms with van der Waals surface area (Å²) in [7, 11) is -4.19. The molecule has 1 fully saturated rings. The summed E-state index contributed by atoms with van der Waals surface area (Å²) in [4.78, 5) is 28.2. The zero-order valence-electron chi connectivity index (χ0n) is 21.4. The van der Waals surface area contributed by atoms with Crippen LogP contribution in [0.4, 0.5) is 14.6 Å². The number of carbonyl (C=O) groups is 1. The number of alkyl halides is 2. The van der Waals surface area contributed by atoms with Crippen LogP contribution >= 0.6 is 7.60 Å². The third kappa shape index (κ3) is 6.58. The van der Waals surface area contributed by atoms with Gasteiger partial charge < -0.3 is 24.8 Å². The van der Waals surface area contributed by atoms with Gasteiger partial charge in [0.1, 0.15) is 30.4 Å². The Morgan fingerprint density at radius 3 is 2.50 bits per heavy atom. The number of halogens is 2. The number of ether oxygens (including phenoxy) is 2. The van der Waals surface area contributed by atoms with Gasteiger partial charge in [0.2, 0.25) is 5.67 Å². The molecule has 1 saturated heterocycles. The summed E-state index contributed by atoms with van der Waals surface area (Å²) in [5, 5.41) is 10.7. The second kappa shape index (κ2) is 11.9. The van der Waals surface area contributed by atoms with Crippen LogP contribution in [0.3, 0.4) is 0 Å². The third-order valence-corrected chi connectivity index (χ3v) is 7.98. The summed E-state index contributed by atoms with van der Waals surface area (Å²) in [5.41, 5.74) is 1.38. The molecule has 0 bridgehead atoms. The second-order valence-electron chi connectivity index (χ2n) is 9.40. The van der Waals surface area contributed by atoms with Gasteiger partial charge in [-0.25, -0.2) is 18.1 Å². The van der Waals surface area contributed by atoms with Crippen LogP contribution in [0.5, 0.6) is 5.75 Å². The van der Waals surface area contributed by atoms with Crippen molar-refractivity contribution in [3.8, 4) is 5.75 Å². The molecular formula is C24H32F2N3O8P. The fraction of sp³-hybridized carbons (Fsp3) is 0.542. The molecule has 2 unspecified atom stereocenters. The van der Waals surface area contributed by atoms with E-state index in [1.54, 1.807) is 32.0 Å². The number of carbonyl (C=O) groups excluding carboxylic acids is 1. The Bertz CT molecular complexity index is 1220. The Labute approximate surface area is 218 Å². The van der Waals surface area contributed by atoms with Gasteiger partial charge in [0, 0.05) is 6.20 Å². The van der Waals surface area contributed by atoms with Gasteiger partial charge in [-0.3, -0.25) is 13.9 Å². The van der Waals surface area contributed by atoms with Gasteiger partial charge in [0.05, 0.1) is 24.3 Å². The van der Waals surface area contributed by atoms with E-state index in [9.17, 15) is 23.7 Å². The molecule has 0 radical (unpaired) electrons. The van der Waals surface area contributed by atoms with Crippen LogP contribution in [0.1, 0.15) is 33.9 Å². The number of aliphatic hydroxyl groups is 1. The number of nitrogen functional groups attached to an aromatic ring is 1. The zero-order valence-corrected chi connectivity index (χ0v) is 22.3. The number of hydrogen-bond acceptors (Lipinski definition) is 10. The lowest BCUT2D eigenvalue weighted by atomic mass is 9.95. The minimum atomic E-state index is -4.19. The fourth-order valence-electron chi connectivity index (χ4n) is 3.98. The van der Waals surface area contributed by atoms with E-state index < -0.39 is 74.3 Å². The predicted molar refractivity (Wildman–Crippen MR) is 133 cm³/mol. The normalized spacial score (nSPS) is 26.5. The van der Waals surface area contributed by atoms with Crippen molar-refractivity contribution in [3.63, 3.8) is 0 Å². The van der Waals surface area contributed by atoms with Crippen molar-refractivity contribution in [1.82, 2.24) is 9.55 Å². The first-order valence-corrected chi connectivity index (χ1v) is 13.7. The molecule has 7 atom stereocenters. The van der Waals surface area contributed by atoms with Crippen molar-refractivity contribution in [2.45, 2.75) is 64.0 Å². The number of anilines is 1. The molecule has 1 aliphatic heterocycles. The van der Waals surface area contributed by atoms with Crippen LogP contribution in [0.2, 0.25) is 0 Å². The van der Waals surface area contributed by atoms with Gasteiger partial charge in [-0.1, -0.05) is 25.1 Å². The van der Waals surface area contributed by atoms with E-state index in [0.29, 0.717) is 4.57 Å². The molecule has 0 amide bonds. The third-order valence-electron chi connectivity index (χ3n) is 5.84. The number of benzene rings is 1. The summed E-state index contributed by atoms with van der Waals surface area (Å²) in [5.74, 6) is -1.54. The summed E-state index contributed by atoms with van der Waals surface area (Å²) in [6, 6.07) is 9.19. The smallest absolute Gasteiger partial charge is 0.380 e. The van der Waals surface area contributed by atoms with Gasteiger partial charge in [-0.05, 0) is 39.0 Å². The highest BCUT2D eigenvalue weighted by atomic mass is 31.2. The Kier molecular flexibility index (Phi) is 9.30. The van der Waals surface area contributed by atoms with Crippen LogP contribution in [0.15, 0.2) is 47.4 Å². The van der Waals surface area contributed by atoms with Crippen molar-refractivity contribution < 1.29 is 41.8 Å². The van der Waals surface area contributed by atoms with E-state index in [1.807, 2.05) is 0 Å². The SMILES string of the molecule is CC(C)OC(=O)[C@H](C)CP(=O)(Oc1ccccc1)O[C@H](C)[C@H]1O[C@@H](n2ccc(N)nc2=O)C(F)(CF)[C@H]1O. The summed E-state index contributed by atoms with van der Waals surface area (Å²) < 4.78 is 66.4. The van der Waals surface area contributed by atoms with Crippen molar-refractivity contribution >= 4 is 19.4 Å². The minimum Gasteiger partial charge on any atom is -0.463 e. The lowest BCUT2D eigenvalue weighted by Crippen LogP contribution is -2.48.